The third kappa shape index (κ3) is 15.8. The highest BCUT2D eigenvalue weighted by atomic mass is 16.5. The van der Waals surface area contributed by atoms with Gasteiger partial charge in [-0.15, -0.1) is 0 Å². The number of aliphatic imine (C=N–C) groups is 1. The summed E-state index contributed by atoms with van der Waals surface area (Å²) >= 11 is 0. The number of ether oxygens (including phenoxy) is 4. The summed E-state index contributed by atoms with van der Waals surface area (Å²) in [5, 5.41) is 0. The van der Waals surface area contributed by atoms with Crippen molar-refractivity contribution >= 4 is 29.5 Å². The first kappa shape index (κ1) is 44.9. The lowest BCUT2D eigenvalue weighted by Gasteiger charge is -2.15. The third-order valence-electron chi connectivity index (χ3n) is 10.7. The highest BCUT2D eigenvalue weighted by molar-refractivity contribution is 6.10. The molecule has 0 atom stereocenters. The van der Waals surface area contributed by atoms with Gasteiger partial charge in [-0.25, -0.2) is 4.99 Å². The van der Waals surface area contributed by atoms with Gasteiger partial charge >= 0.3 is 0 Å². The molecule has 6 nitrogen and oxygen atoms in total. The Morgan fingerprint density at radius 1 is 0.508 bits per heavy atom. The Labute approximate surface area is 355 Å². The summed E-state index contributed by atoms with van der Waals surface area (Å²) in [5.74, 6) is 3.33. The van der Waals surface area contributed by atoms with Gasteiger partial charge in [0.05, 0.1) is 38.8 Å². The molecule has 1 aliphatic rings. The van der Waals surface area contributed by atoms with Crippen LogP contribution in [-0.2, 0) is 0 Å². The van der Waals surface area contributed by atoms with Gasteiger partial charge in [-0.2, -0.15) is 0 Å². The summed E-state index contributed by atoms with van der Waals surface area (Å²) in [4.78, 5) is 8.84. The van der Waals surface area contributed by atoms with Crippen LogP contribution in [0, 0.1) is 0 Å². The van der Waals surface area contributed by atoms with Crippen LogP contribution < -0.4 is 18.9 Å². The molecule has 2 heterocycles. The van der Waals surface area contributed by atoms with E-state index in [2.05, 4.69) is 97.8 Å². The molecule has 0 bridgehead atoms. The number of rotatable bonds is 28. The van der Waals surface area contributed by atoms with Crippen molar-refractivity contribution < 1.29 is 18.9 Å². The molecule has 1 aromatic heterocycles. The molecule has 4 aromatic rings. The first-order valence-corrected chi connectivity index (χ1v) is 22.3. The highest BCUT2D eigenvalue weighted by Gasteiger charge is 2.18. The van der Waals surface area contributed by atoms with E-state index in [-0.39, 0.29) is 0 Å². The highest BCUT2D eigenvalue weighted by Crippen LogP contribution is 2.35. The van der Waals surface area contributed by atoms with Gasteiger partial charge in [0, 0.05) is 23.0 Å². The molecule has 6 heteroatoms. The molecular weight excluding hydrogens is 729 g/mol. The second-order valence-electron chi connectivity index (χ2n) is 15.5. The summed E-state index contributed by atoms with van der Waals surface area (Å²) in [6, 6.07) is 26.7. The van der Waals surface area contributed by atoms with Gasteiger partial charge in [0.2, 0.25) is 0 Å². The SMILES string of the molecule is CCCCCCCCCCOc1cc(OCCCCCCCCCC)cc(/C(=C2\C=CC(/C=C/c3ccc(OC)cc3)=N2)c2ccc(/C=C/c3ccc(OC)cc3)[nH]2)c1. The molecule has 314 valence electrons. The van der Waals surface area contributed by atoms with Gasteiger partial charge in [0.1, 0.15) is 23.0 Å². The maximum atomic E-state index is 6.50. The first-order chi connectivity index (χ1) is 29.1. The predicted molar refractivity (Wildman–Crippen MR) is 250 cm³/mol. The minimum atomic E-state index is 0.683. The smallest absolute Gasteiger partial charge is 0.123 e. The third-order valence-corrected chi connectivity index (χ3v) is 10.7. The number of aromatic nitrogens is 1. The lowest BCUT2D eigenvalue weighted by molar-refractivity contribution is 0.289. The number of allylic oxidation sites excluding steroid dienone is 3. The molecule has 0 amide bonds. The number of nitrogens with zero attached hydrogens (tertiary/aromatic N) is 1. The fourth-order valence-electron chi connectivity index (χ4n) is 7.24. The van der Waals surface area contributed by atoms with Crippen molar-refractivity contribution in [2.75, 3.05) is 27.4 Å². The molecule has 0 fully saturated rings. The summed E-state index contributed by atoms with van der Waals surface area (Å²) in [7, 11) is 3.37. The van der Waals surface area contributed by atoms with Gasteiger partial charge in [-0.05, 0) is 102 Å². The molecule has 0 saturated carbocycles. The fraction of sp³-hybridized carbons (Fsp3) is 0.415. The largest absolute Gasteiger partial charge is 0.497 e. The second kappa shape index (κ2) is 26.0. The van der Waals surface area contributed by atoms with Crippen molar-refractivity contribution in [1.29, 1.82) is 0 Å². The van der Waals surface area contributed by atoms with Crippen LogP contribution in [0.5, 0.6) is 23.0 Å². The number of methoxy groups -OCH3 is 2. The minimum Gasteiger partial charge on any atom is -0.497 e. The van der Waals surface area contributed by atoms with Gasteiger partial charge < -0.3 is 23.9 Å². The Morgan fingerprint density at radius 2 is 1.00 bits per heavy atom. The molecule has 3 aromatic carbocycles. The van der Waals surface area contributed by atoms with Gasteiger partial charge in [-0.1, -0.05) is 140 Å². The van der Waals surface area contributed by atoms with Crippen molar-refractivity contribution in [3.63, 3.8) is 0 Å². The molecule has 1 N–H and O–H groups in total. The number of hydrogen-bond donors (Lipinski definition) is 1. The lowest BCUT2D eigenvalue weighted by Crippen LogP contribution is -2.02. The average molecular weight is 797 g/mol. The van der Waals surface area contributed by atoms with E-state index >= 15 is 0 Å². The Balaban J connectivity index is 1.40. The van der Waals surface area contributed by atoms with E-state index in [9.17, 15) is 0 Å². The lowest BCUT2D eigenvalue weighted by atomic mass is 10.00. The Morgan fingerprint density at radius 3 is 1.51 bits per heavy atom. The second-order valence-corrected chi connectivity index (χ2v) is 15.5. The molecule has 0 radical (unpaired) electrons. The van der Waals surface area contributed by atoms with Crippen LogP contribution >= 0.6 is 0 Å². The van der Waals surface area contributed by atoms with E-state index in [1.165, 1.54) is 89.9 Å². The van der Waals surface area contributed by atoms with E-state index in [4.69, 9.17) is 23.9 Å². The van der Waals surface area contributed by atoms with E-state index in [0.29, 0.717) is 13.2 Å². The fourth-order valence-corrected chi connectivity index (χ4v) is 7.24. The van der Waals surface area contributed by atoms with Crippen molar-refractivity contribution in [3.8, 4) is 23.0 Å². The molecule has 0 spiro atoms. The topological polar surface area (TPSA) is 65.1 Å². The summed E-state index contributed by atoms with van der Waals surface area (Å²) in [5.41, 5.74) is 7.89. The number of aromatic amines is 1. The normalized spacial score (nSPS) is 13.4. The van der Waals surface area contributed by atoms with Crippen LogP contribution in [0.25, 0.3) is 23.8 Å². The van der Waals surface area contributed by atoms with Gasteiger partial charge in [-0.3, -0.25) is 0 Å². The first-order valence-electron chi connectivity index (χ1n) is 22.3. The molecule has 0 saturated heterocycles. The van der Waals surface area contributed by atoms with Crippen molar-refractivity contribution in [3.05, 3.63) is 131 Å². The van der Waals surface area contributed by atoms with Crippen LogP contribution in [0.15, 0.2) is 108 Å². The van der Waals surface area contributed by atoms with Crippen LogP contribution in [0.4, 0.5) is 0 Å². The number of nitrogens with one attached hydrogen (secondary N) is 1. The zero-order valence-electron chi connectivity index (χ0n) is 36.3. The standard InChI is InChI=1S/C53H68N2O4/c1-5-7-9-11-13-15-17-19-37-58-49-39-44(40-50(41-49)59-38-20-18-16-14-12-10-8-6-2)53(51-35-29-45(54-51)27-21-42-23-31-47(56-3)32-24-42)52-36-30-46(55-52)28-22-43-25-33-48(57-4)34-26-43/h21-36,39-41,54H,5-20,37-38H2,1-4H3/b27-21+,28-22+,53-52-. The van der Waals surface area contributed by atoms with Crippen LogP contribution in [0.3, 0.4) is 0 Å². The number of benzene rings is 3. The average Bonchev–Trinajstić information content (AvgIpc) is 3.94. The zero-order valence-corrected chi connectivity index (χ0v) is 36.3. The molecular formula is C53H68N2O4. The Hall–Kier alpha value is -5.23. The maximum absolute atomic E-state index is 6.50. The number of unbranched alkanes of at least 4 members (excludes halogenated alkanes) is 14. The maximum Gasteiger partial charge on any atom is 0.123 e. The van der Waals surface area contributed by atoms with Crippen molar-refractivity contribution in [2.45, 2.75) is 117 Å². The molecule has 5 rings (SSSR count). The van der Waals surface area contributed by atoms with Gasteiger partial charge in [0.25, 0.3) is 0 Å². The summed E-state index contributed by atoms with van der Waals surface area (Å²) < 4.78 is 23.7. The molecule has 0 unspecified atom stereocenters. The van der Waals surface area contributed by atoms with Crippen LogP contribution in [0.1, 0.15) is 145 Å². The molecule has 59 heavy (non-hydrogen) atoms. The quantitative estimate of drug-likeness (QED) is 0.0582. The summed E-state index contributed by atoms with van der Waals surface area (Å²) in [6.07, 6.45) is 32.7. The molecule has 1 aliphatic heterocycles. The van der Waals surface area contributed by atoms with Crippen LogP contribution in [-0.4, -0.2) is 38.1 Å². The summed E-state index contributed by atoms with van der Waals surface area (Å²) in [6.45, 7) is 5.91. The Bertz CT molecular complexity index is 1920. The number of hydrogen-bond acceptors (Lipinski definition) is 5. The van der Waals surface area contributed by atoms with Crippen LogP contribution in [0.2, 0.25) is 0 Å². The van der Waals surface area contributed by atoms with Gasteiger partial charge in [0.15, 0.2) is 0 Å². The minimum absolute atomic E-state index is 0.683. The zero-order chi connectivity index (χ0) is 41.3. The molecule has 0 aliphatic carbocycles. The van der Waals surface area contributed by atoms with Crippen molar-refractivity contribution in [2.24, 2.45) is 4.99 Å². The monoisotopic (exact) mass is 797 g/mol. The van der Waals surface area contributed by atoms with Crippen molar-refractivity contribution in [1.82, 2.24) is 4.98 Å². The van der Waals surface area contributed by atoms with E-state index in [1.54, 1.807) is 14.2 Å². The predicted octanol–water partition coefficient (Wildman–Crippen LogP) is 14.7. The number of H-pyrrole nitrogens is 1. The van der Waals surface area contributed by atoms with E-state index in [0.717, 1.165) is 80.9 Å². The van der Waals surface area contributed by atoms with E-state index < -0.39 is 0 Å². The van der Waals surface area contributed by atoms with E-state index in [1.807, 2.05) is 36.4 Å². The Kier molecular flexibility index (Phi) is 19.8.